The summed E-state index contributed by atoms with van der Waals surface area (Å²) in [4.78, 5) is 29.5. The summed E-state index contributed by atoms with van der Waals surface area (Å²) in [5.74, 6) is -0.824. The van der Waals surface area contributed by atoms with Gasteiger partial charge in [0.15, 0.2) is 0 Å². The van der Waals surface area contributed by atoms with Crippen molar-refractivity contribution < 1.29 is 23.1 Å². The van der Waals surface area contributed by atoms with Crippen molar-refractivity contribution in [2.45, 2.75) is 23.7 Å². The van der Waals surface area contributed by atoms with Crippen LogP contribution in [0.15, 0.2) is 40.2 Å². The van der Waals surface area contributed by atoms with Gasteiger partial charge in [-0.3, -0.25) is 4.79 Å². The third-order valence-corrected chi connectivity index (χ3v) is 6.40. The van der Waals surface area contributed by atoms with Gasteiger partial charge in [-0.25, -0.2) is 18.2 Å². The minimum atomic E-state index is -3.70. The first-order chi connectivity index (χ1) is 12.8. The van der Waals surface area contributed by atoms with E-state index in [1.54, 1.807) is 12.1 Å². The van der Waals surface area contributed by atoms with Crippen molar-refractivity contribution >= 4 is 16.0 Å². The molecule has 1 atom stereocenters. The molecule has 3 rings (SSSR count). The van der Waals surface area contributed by atoms with Crippen molar-refractivity contribution in [3.05, 3.63) is 52.2 Å². The van der Waals surface area contributed by atoms with E-state index < -0.39 is 27.1 Å². The molecule has 2 heterocycles. The summed E-state index contributed by atoms with van der Waals surface area (Å²) in [6, 6.07) is 6.13. The van der Waals surface area contributed by atoms with E-state index in [0.717, 1.165) is 6.20 Å². The van der Waals surface area contributed by atoms with Gasteiger partial charge in [-0.2, -0.15) is 4.31 Å². The second-order valence-corrected chi connectivity index (χ2v) is 8.13. The Bertz CT molecular complexity index is 1000. The Morgan fingerprint density at radius 2 is 2.04 bits per heavy atom. The number of nitrogens with one attached hydrogen (secondary N) is 1. The summed E-state index contributed by atoms with van der Waals surface area (Å²) in [5.41, 5.74) is -1.19. The number of methoxy groups -OCH3 is 1. The van der Waals surface area contributed by atoms with E-state index in [-0.39, 0.29) is 17.4 Å². The van der Waals surface area contributed by atoms with Crippen LogP contribution in [0.2, 0.25) is 0 Å². The highest BCUT2D eigenvalue weighted by Crippen LogP contribution is 2.28. The molecule has 0 spiro atoms. The number of carbonyl (C=O) groups is 1. The number of sulfonamides is 1. The quantitative estimate of drug-likeness (QED) is 0.776. The Balaban J connectivity index is 1.84. The molecule has 1 saturated heterocycles. The summed E-state index contributed by atoms with van der Waals surface area (Å²) in [7, 11) is -2.19. The topological polar surface area (TPSA) is 130 Å². The second-order valence-electron chi connectivity index (χ2n) is 6.19. The Morgan fingerprint density at radius 1 is 1.33 bits per heavy atom. The van der Waals surface area contributed by atoms with Crippen molar-refractivity contribution in [1.29, 1.82) is 0 Å². The predicted octanol–water partition coefficient (Wildman–Crippen LogP) is 1.04. The van der Waals surface area contributed by atoms with Crippen LogP contribution in [-0.2, 0) is 10.0 Å². The zero-order chi connectivity index (χ0) is 19.6. The van der Waals surface area contributed by atoms with E-state index in [9.17, 15) is 18.0 Å². The molecule has 0 saturated carbocycles. The SMILES string of the molecule is COc1ccc(S(=O)(=O)N2CCCC(c3ncc(C(=O)O)c(=O)[nH]3)C2)cc1. The molecule has 1 fully saturated rings. The smallest absolute Gasteiger partial charge is 0.342 e. The molecule has 0 aliphatic carbocycles. The second kappa shape index (κ2) is 7.49. The number of carboxylic acids is 1. The van der Waals surface area contributed by atoms with E-state index in [0.29, 0.717) is 31.0 Å². The maximum absolute atomic E-state index is 12.9. The number of piperidine rings is 1. The third-order valence-electron chi connectivity index (χ3n) is 4.52. The molecule has 2 aromatic rings. The Labute approximate surface area is 155 Å². The average Bonchev–Trinajstić information content (AvgIpc) is 2.67. The summed E-state index contributed by atoms with van der Waals surface area (Å²) >= 11 is 0. The van der Waals surface area contributed by atoms with E-state index in [4.69, 9.17) is 9.84 Å². The van der Waals surface area contributed by atoms with Gasteiger partial charge in [0.25, 0.3) is 5.56 Å². The number of aromatic amines is 1. The van der Waals surface area contributed by atoms with Crippen LogP contribution in [0.1, 0.15) is 34.9 Å². The summed E-state index contributed by atoms with van der Waals surface area (Å²) in [5, 5.41) is 8.92. The molecule has 0 amide bonds. The van der Waals surface area contributed by atoms with Gasteiger partial charge in [-0.05, 0) is 37.1 Å². The first kappa shape index (κ1) is 19.1. The molecule has 144 valence electrons. The Hall–Kier alpha value is -2.72. The van der Waals surface area contributed by atoms with Crippen LogP contribution in [0.4, 0.5) is 0 Å². The molecular formula is C17H19N3O6S. The van der Waals surface area contributed by atoms with Crippen LogP contribution in [0, 0.1) is 0 Å². The highest BCUT2D eigenvalue weighted by molar-refractivity contribution is 7.89. The first-order valence-electron chi connectivity index (χ1n) is 8.29. The number of benzene rings is 1. The molecule has 10 heteroatoms. The highest BCUT2D eigenvalue weighted by atomic mass is 32.2. The lowest BCUT2D eigenvalue weighted by molar-refractivity contribution is 0.0694. The van der Waals surface area contributed by atoms with Gasteiger partial charge in [0.1, 0.15) is 17.1 Å². The van der Waals surface area contributed by atoms with Crippen molar-refractivity contribution in [2.75, 3.05) is 20.2 Å². The summed E-state index contributed by atoms with van der Waals surface area (Å²) in [6.45, 7) is 0.520. The van der Waals surface area contributed by atoms with Crippen molar-refractivity contribution in [3.8, 4) is 5.75 Å². The lowest BCUT2D eigenvalue weighted by Gasteiger charge is -2.31. The fraction of sp³-hybridized carbons (Fsp3) is 0.353. The standard InChI is InChI=1S/C17H19N3O6S/c1-26-12-4-6-13(7-5-12)27(24,25)20-8-2-3-11(10-20)15-18-9-14(17(22)23)16(21)19-15/h4-7,9,11H,2-3,8,10H2,1H3,(H,22,23)(H,18,19,21). The van der Waals surface area contributed by atoms with Crippen LogP contribution < -0.4 is 10.3 Å². The molecule has 1 aromatic heterocycles. The van der Waals surface area contributed by atoms with Crippen LogP contribution in [0.3, 0.4) is 0 Å². The van der Waals surface area contributed by atoms with E-state index in [2.05, 4.69) is 9.97 Å². The Kier molecular flexibility index (Phi) is 5.29. The van der Waals surface area contributed by atoms with Gasteiger partial charge in [-0.15, -0.1) is 0 Å². The summed E-state index contributed by atoms with van der Waals surface area (Å²) in [6.07, 6.45) is 2.25. The predicted molar refractivity (Wildman–Crippen MR) is 95.5 cm³/mol. The number of aromatic nitrogens is 2. The highest BCUT2D eigenvalue weighted by Gasteiger charge is 2.32. The fourth-order valence-electron chi connectivity index (χ4n) is 3.05. The van der Waals surface area contributed by atoms with Crippen LogP contribution in [-0.4, -0.2) is 54.0 Å². The van der Waals surface area contributed by atoms with Gasteiger partial charge in [-0.1, -0.05) is 0 Å². The molecule has 1 aliphatic rings. The van der Waals surface area contributed by atoms with Gasteiger partial charge >= 0.3 is 5.97 Å². The maximum atomic E-state index is 12.9. The third kappa shape index (κ3) is 3.86. The van der Waals surface area contributed by atoms with E-state index in [1.165, 1.54) is 23.5 Å². The lowest BCUT2D eigenvalue weighted by Crippen LogP contribution is -2.40. The number of carboxylic acid groups (broad SMARTS) is 1. The van der Waals surface area contributed by atoms with E-state index in [1.807, 2.05) is 0 Å². The van der Waals surface area contributed by atoms with Crippen molar-refractivity contribution in [1.82, 2.24) is 14.3 Å². The molecule has 1 aliphatic heterocycles. The zero-order valence-electron chi connectivity index (χ0n) is 14.6. The molecule has 9 nitrogen and oxygen atoms in total. The fourth-order valence-corrected chi connectivity index (χ4v) is 4.57. The number of ether oxygens (including phenoxy) is 1. The van der Waals surface area contributed by atoms with Gasteiger partial charge in [0.05, 0.1) is 12.0 Å². The summed E-state index contributed by atoms with van der Waals surface area (Å²) < 4.78 is 32.2. The number of hydrogen-bond acceptors (Lipinski definition) is 6. The number of aromatic carboxylic acids is 1. The number of rotatable bonds is 5. The molecule has 27 heavy (non-hydrogen) atoms. The number of hydrogen-bond donors (Lipinski definition) is 2. The van der Waals surface area contributed by atoms with Crippen molar-refractivity contribution in [3.63, 3.8) is 0 Å². The molecule has 0 radical (unpaired) electrons. The van der Waals surface area contributed by atoms with Crippen LogP contribution in [0.25, 0.3) is 0 Å². The van der Waals surface area contributed by atoms with Gasteiger partial charge < -0.3 is 14.8 Å². The number of H-pyrrole nitrogens is 1. The van der Waals surface area contributed by atoms with Gasteiger partial charge in [0.2, 0.25) is 10.0 Å². The van der Waals surface area contributed by atoms with Crippen LogP contribution >= 0.6 is 0 Å². The van der Waals surface area contributed by atoms with Crippen LogP contribution in [0.5, 0.6) is 5.75 Å². The molecule has 2 N–H and O–H groups in total. The van der Waals surface area contributed by atoms with Gasteiger partial charge in [0, 0.05) is 25.2 Å². The zero-order valence-corrected chi connectivity index (χ0v) is 15.4. The molecule has 0 bridgehead atoms. The van der Waals surface area contributed by atoms with Crippen molar-refractivity contribution in [2.24, 2.45) is 0 Å². The first-order valence-corrected chi connectivity index (χ1v) is 9.73. The minimum Gasteiger partial charge on any atom is -0.497 e. The number of nitrogens with zero attached hydrogens (tertiary/aromatic N) is 2. The molecular weight excluding hydrogens is 374 g/mol. The normalized spacial score (nSPS) is 18.2. The molecule has 1 unspecified atom stereocenters. The Morgan fingerprint density at radius 3 is 2.63 bits per heavy atom. The largest absolute Gasteiger partial charge is 0.497 e. The maximum Gasteiger partial charge on any atom is 0.342 e. The molecule has 1 aromatic carbocycles. The monoisotopic (exact) mass is 393 g/mol. The van der Waals surface area contributed by atoms with E-state index >= 15 is 0 Å². The minimum absolute atomic E-state index is 0.156. The lowest BCUT2D eigenvalue weighted by atomic mass is 9.99. The average molecular weight is 393 g/mol.